The van der Waals surface area contributed by atoms with Crippen molar-refractivity contribution in [3.8, 4) is 0 Å². The molecule has 1 aliphatic heterocycles. The van der Waals surface area contributed by atoms with Crippen molar-refractivity contribution in [1.82, 2.24) is 20.4 Å². The number of furan rings is 1. The number of carbonyl (C=O) groups excluding carboxylic acids is 1. The highest BCUT2D eigenvalue weighted by Crippen LogP contribution is 2.19. The van der Waals surface area contributed by atoms with Crippen LogP contribution in [0.1, 0.15) is 35.1 Å². The maximum atomic E-state index is 12.3. The number of piperidine rings is 1. The zero-order chi connectivity index (χ0) is 17.1. The summed E-state index contributed by atoms with van der Waals surface area (Å²) in [5.74, 6) is 0.735. The van der Waals surface area contributed by atoms with E-state index in [2.05, 4.69) is 15.7 Å². The van der Waals surface area contributed by atoms with E-state index < -0.39 is 0 Å². The summed E-state index contributed by atoms with van der Waals surface area (Å²) in [5.41, 5.74) is 1.35. The van der Waals surface area contributed by atoms with Crippen molar-refractivity contribution in [2.45, 2.75) is 25.3 Å². The first-order valence-electron chi connectivity index (χ1n) is 8.81. The molecule has 0 aliphatic carbocycles. The van der Waals surface area contributed by atoms with Crippen molar-refractivity contribution in [3.63, 3.8) is 0 Å². The number of amides is 1. The van der Waals surface area contributed by atoms with Crippen LogP contribution in [0.15, 0.2) is 47.0 Å². The molecule has 2 aromatic heterocycles. The Kier molecular flexibility index (Phi) is 4.52. The summed E-state index contributed by atoms with van der Waals surface area (Å²) in [6, 6.07) is 12.1. The second kappa shape index (κ2) is 7.11. The Hall–Kier alpha value is -2.60. The van der Waals surface area contributed by atoms with Crippen molar-refractivity contribution in [2.24, 2.45) is 0 Å². The minimum atomic E-state index is -0.140. The first-order valence-corrected chi connectivity index (χ1v) is 8.81. The molecule has 1 amide bonds. The Morgan fingerprint density at radius 1 is 1.36 bits per heavy atom. The zero-order valence-corrected chi connectivity index (χ0v) is 14.1. The average Bonchev–Trinajstić information content (AvgIpc) is 3.29. The fourth-order valence-electron chi connectivity index (χ4n) is 3.27. The van der Waals surface area contributed by atoms with Crippen LogP contribution in [-0.2, 0) is 6.42 Å². The Bertz CT molecular complexity index is 828. The molecule has 1 fully saturated rings. The molecule has 0 radical (unpaired) electrons. The Morgan fingerprint density at radius 2 is 2.28 bits per heavy atom. The van der Waals surface area contributed by atoms with Crippen LogP contribution in [-0.4, -0.2) is 35.3 Å². The zero-order valence-electron chi connectivity index (χ0n) is 14.1. The summed E-state index contributed by atoms with van der Waals surface area (Å²) in [7, 11) is 0. The van der Waals surface area contributed by atoms with Crippen molar-refractivity contribution in [1.29, 1.82) is 0 Å². The molecule has 1 aliphatic rings. The summed E-state index contributed by atoms with van der Waals surface area (Å²) in [6.07, 6.45) is 4.80. The van der Waals surface area contributed by atoms with Gasteiger partial charge in [-0.25, -0.2) is 0 Å². The third-order valence-electron chi connectivity index (χ3n) is 4.62. The fourth-order valence-corrected chi connectivity index (χ4v) is 3.27. The van der Waals surface area contributed by atoms with Crippen LogP contribution in [0.3, 0.4) is 0 Å². The van der Waals surface area contributed by atoms with Crippen LogP contribution in [0.5, 0.6) is 0 Å². The number of aromatic nitrogens is 2. The van der Waals surface area contributed by atoms with Gasteiger partial charge in [0.1, 0.15) is 17.0 Å². The molecule has 130 valence electrons. The monoisotopic (exact) mass is 338 g/mol. The predicted molar refractivity (Wildman–Crippen MR) is 95.6 cm³/mol. The molecule has 0 bridgehead atoms. The van der Waals surface area contributed by atoms with E-state index in [4.69, 9.17) is 4.42 Å². The smallest absolute Gasteiger partial charge is 0.271 e. The first kappa shape index (κ1) is 15.9. The van der Waals surface area contributed by atoms with Crippen LogP contribution in [0.25, 0.3) is 11.0 Å². The summed E-state index contributed by atoms with van der Waals surface area (Å²) in [5, 5.41) is 11.8. The van der Waals surface area contributed by atoms with Gasteiger partial charge < -0.3 is 15.1 Å². The van der Waals surface area contributed by atoms with Gasteiger partial charge >= 0.3 is 0 Å². The minimum absolute atomic E-state index is 0.140. The Morgan fingerprint density at radius 3 is 3.12 bits per heavy atom. The summed E-state index contributed by atoms with van der Waals surface area (Å²) < 4.78 is 7.66. The van der Waals surface area contributed by atoms with Gasteiger partial charge in [-0.05, 0) is 37.6 Å². The summed E-state index contributed by atoms with van der Waals surface area (Å²) in [6.45, 7) is 2.50. The lowest BCUT2D eigenvalue weighted by atomic mass is 10.1. The number of para-hydroxylation sites is 1. The molecular formula is C19H22N4O2. The first-order chi connectivity index (χ1) is 12.3. The van der Waals surface area contributed by atoms with Crippen LogP contribution in [0.4, 0.5) is 0 Å². The average molecular weight is 338 g/mol. The maximum absolute atomic E-state index is 12.3. The number of carbonyl (C=O) groups is 1. The summed E-state index contributed by atoms with van der Waals surface area (Å²) >= 11 is 0. The van der Waals surface area contributed by atoms with Gasteiger partial charge in [-0.3, -0.25) is 9.48 Å². The van der Waals surface area contributed by atoms with Gasteiger partial charge in [-0.1, -0.05) is 18.2 Å². The standard InChI is InChI=1S/C19H22N4O2/c24-19(17-8-11-23(22-17)15-5-3-9-20-13-15)21-10-7-16-12-14-4-1-2-6-18(14)25-16/h1-2,4,6,8,11-12,15,20H,3,5,7,9-10,13H2,(H,21,24). The highest BCUT2D eigenvalue weighted by molar-refractivity contribution is 5.92. The van der Waals surface area contributed by atoms with Crippen molar-refractivity contribution in [3.05, 3.63) is 54.0 Å². The number of hydrogen-bond acceptors (Lipinski definition) is 4. The third kappa shape index (κ3) is 3.58. The van der Waals surface area contributed by atoms with E-state index >= 15 is 0 Å². The van der Waals surface area contributed by atoms with Crippen LogP contribution >= 0.6 is 0 Å². The van der Waals surface area contributed by atoms with E-state index in [1.165, 1.54) is 0 Å². The fraction of sp³-hybridized carbons (Fsp3) is 0.368. The number of benzene rings is 1. The summed E-state index contributed by atoms with van der Waals surface area (Å²) in [4.78, 5) is 12.3. The predicted octanol–water partition coefficient (Wildman–Crippen LogP) is 2.53. The van der Waals surface area contributed by atoms with E-state index in [0.29, 0.717) is 24.7 Å². The van der Waals surface area contributed by atoms with Crippen LogP contribution < -0.4 is 10.6 Å². The van der Waals surface area contributed by atoms with Gasteiger partial charge in [-0.15, -0.1) is 0 Å². The molecular weight excluding hydrogens is 316 g/mol. The lowest BCUT2D eigenvalue weighted by Gasteiger charge is -2.22. The van der Waals surface area contributed by atoms with E-state index in [1.54, 1.807) is 6.07 Å². The van der Waals surface area contributed by atoms with Crippen molar-refractivity contribution < 1.29 is 9.21 Å². The van der Waals surface area contributed by atoms with Gasteiger partial charge in [0, 0.05) is 31.1 Å². The van der Waals surface area contributed by atoms with Gasteiger partial charge in [0.05, 0.1) is 6.04 Å². The van der Waals surface area contributed by atoms with E-state index in [1.807, 2.05) is 41.2 Å². The lowest BCUT2D eigenvalue weighted by molar-refractivity contribution is 0.0947. The SMILES string of the molecule is O=C(NCCc1cc2ccccc2o1)c1ccn(C2CCCNC2)n1. The van der Waals surface area contributed by atoms with E-state index in [0.717, 1.165) is 42.7 Å². The maximum Gasteiger partial charge on any atom is 0.271 e. The number of nitrogens with zero attached hydrogens (tertiary/aromatic N) is 2. The molecule has 0 saturated carbocycles. The second-order valence-electron chi connectivity index (χ2n) is 6.44. The molecule has 3 aromatic rings. The highest BCUT2D eigenvalue weighted by Gasteiger charge is 2.17. The molecule has 1 atom stereocenters. The molecule has 0 spiro atoms. The van der Waals surface area contributed by atoms with Crippen LogP contribution in [0.2, 0.25) is 0 Å². The molecule has 2 N–H and O–H groups in total. The lowest BCUT2D eigenvalue weighted by Crippen LogP contribution is -2.32. The van der Waals surface area contributed by atoms with Gasteiger partial charge in [0.2, 0.25) is 0 Å². The second-order valence-corrected chi connectivity index (χ2v) is 6.44. The number of rotatable bonds is 5. The molecule has 1 aromatic carbocycles. The van der Waals surface area contributed by atoms with Crippen LogP contribution in [0, 0.1) is 0 Å². The molecule has 3 heterocycles. The van der Waals surface area contributed by atoms with E-state index in [-0.39, 0.29) is 5.91 Å². The number of hydrogen-bond donors (Lipinski definition) is 2. The Balaban J connectivity index is 1.32. The largest absolute Gasteiger partial charge is 0.461 e. The normalized spacial score (nSPS) is 17.7. The number of nitrogens with one attached hydrogen (secondary N) is 2. The number of fused-ring (bicyclic) bond motifs is 1. The molecule has 1 unspecified atom stereocenters. The molecule has 6 heteroatoms. The third-order valence-corrected chi connectivity index (χ3v) is 4.62. The Labute approximate surface area is 146 Å². The topological polar surface area (TPSA) is 72.1 Å². The van der Waals surface area contributed by atoms with E-state index in [9.17, 15) is 4.79 Å². The molecule has 4 rings (SSSR count). The minimum Gasteiger partial charge on any atom is -0.461 e. The van der Waals surface area contributed by atoms with Gasteiger partial charge in [-0.2, -0.15) is 5.10 Å². The molecule has 6 nitrogen and oxygen atoms in total. The van der Waals surface area contributed by atoms with Crippen molar-refractivity contribution in [2.75, 3.05) is 19.6 Å². The van der Waals surface area contributed by atoms with Crippen molar-refractivity contribution >= 4 is 16.9 Å². The molecule has 25 heavy (non-hydrogen) atoms. The van der Waals surface area contributed by atoms with Gasteiger partial charge in [0.25, 0.3) is 5.91 Å². The van der Waals surface area contributed by atoms with Gasteiger partial charge in [0.15, 0.2) is 0 Å². The molecule has 1 saturated heterocycles. The quantitative estimate of drug-likeness (QED) is 0.750. The highest BCUT2D eigenvalue weighted by atomic mass is 16.3.